The van der Waals surface area contributed by atoms with Gasteiger partial charge in [-0.1, -0.05) is 12.1 Å². The highest BCUT2D eigenvalue weighted by Gasteiger charge is 2.30. The third-order valence-corrected chi connectivity index (χ3v) is 2.70. The quantitative estimate of drug-likeness (QED) is 0.807. The predicted octanol–water partition coefficient (Wildman–Crippen LogP) is 3.59. The molecular weight excluding hydrogens is 271 g/mol. The fraction of sp³-hybridized carbons (Fsp3) is 0.143. The van der Waals surface area contributed by atoms with Crippen molar-refractivity contribution >= 4 is 6.29 Å². The molecule has 3 nitrogen and oxygen atoms in total. The molecule has 2 aromatic rings. The van der Waals surface area contributed by atoms with Crippen molar-refractivity contribution in [2.45, 2.75) is 6.18 Å². The lowest BCUT2D eigenvalue weighted by Gasteiger charge is -2.11. The number of halogens is 3. The summed E-state index contributed by atoms with van der Waals surface area (Å²) in [6, 6.07) is 7.76. The Kier molecular flexibility index (Phi) is 3.74. The van der Waals surface area contributed by atoms with E-state index in [1.807, 2.05) is 0 Å². The predicted molar refractivity (Wildman–Crippen MR) is 66.6 cm³/mol. The van der Waals surface area contributed by atoms with Gasteiger partial charge in [0.25, 0.3) is 0 Å². The van der Waals surface area contributed by atoms with Gasteiger partial charge in [-0.15, -0.1) is 0 Å². The van der Waals surface area contributed by atoms with Crippen molar-refractivity contribution in [1.82, 2.24) is 4.98 Å². The lowest BCUT2D eigenvalue weighted by atomic mass is 10.0. The summed E-state index contributed by atoms with van der Waals surface area (Å²) in [4.78, 5) is 14.5. The Balaban J connectivity index is 2.54. The molecule has 0 aliphatic heterocycles. The zero-order valence-corrected chi connectivity index (χ0v) is 10.4. The molecule has 104 valence electrons. The number of aromatic nitrogens is 1. The van der Waals surface area contributed by atoms with E-state index >= 15 is 0 Å². The molecule has 20 heavy (non-hydrogen) atoms. The monoisotopic (exact) mass is 281 g/mol. The van der Waals surface area contributed by atoms with Crippen LogP contribution >= 0.6 is 0 Å². The number of alkyl halides is 3. The number of pyridine rings is 1. The number of benzene rings is 1. The Bertz CT molecular complexity index is 639. The fourth-order valence-electron chi connectivity index (χ4n) is 1.76. The summed E-state index contributed by atoms with van der Waals surface area (Å²) in [6.45, 7) is 0. The summed E-state index contributed by atoms with van der Waals surface area (Å²) in [7, 11) is 1.34. The van der Waals surface area contributed by atoms with Gasteiger partial charge in [0, 0.05) is 5.56 Å². The maximum absolute atomic E-state index is 12.7. The second kappa shape index (κ2) is 5.32. The van der Waals surface area contributed by atoms with E-state index in [0.717, 1.165) is 12.1 Å². The average molecular weight is 281 g/mol. The Morgan fingerprint density at radius 2 is 1.95 bits per heavy atom. The van der Waals surface area contributed by atoms with Gasteiger partial charge in [0.05, 0.1) is 12.7 Å². The summed E-state index contributed by atoms with van der Waals surface area (Å²) in [5.41, 5.74) is 0.111. The molecule has 0 N–H and O–H groups in total. The maximum atomic E-state index is 12.7. The van der Waals surface area contributed by atoms with Crippen LogP contribution in [0.4, 0.5) is 13.2 Å². The van der Waals surface area contributed by atoms with Crippen LogP contribution in [0.3, 0.4) is 0 Å². The first-order chi connectivity index (χ1) is 9.45. The molecule has 0 fully saturated rings. The van der Waals surface area contributed by atoms with Crippen LogP contribution in [0, 0.1) is 0 Å². The molecular formula is C14H10F3NO2. The molecule has 1 aromatic carbocycles. The summed E-state index contributed by atoms with van der Waals surface area (Å²) < 4.78 is 43.1. The van der Waals surface area contributed by atoms with Gasteiger partial charge in [-0.2, -0.15) is 13.2 Å². The largest absolute Gasteiger partial charge is 0.481 e. The minimum atomic E-state index is -4.42. The molecule has 0 aliphatic carbocycles. The first-order valence-electron chi connectivity index (χ1n) is 5.63. The molecule has 0 saturated heterocycles. The van der Waals surface area contributed by atoms with Crippen LogP contribution < -0.4 is 4.74 Å². The Morgan fingerprint density at radius 3 is 2.55 bits per heavy atom. The second-order valence-electron chi connectivity index (χ2n) is 3.99. The smallest absolute Gasteiger partial charge is 0.416 e. The molecule has 1 aromatic heterocycles. The normalized spacial score (nSPS) is 11.2. The van der Waals surface area contributed by atoms with Gasteiger partial charge in [-0.3, -0.25) is 4.79 Å². The summed E-state index contributed by atoms with van der Waals surface area (Å²) in [6.07, 6.45) is -3.88. The van der Waals surface area contributed by atoms with Crippen LogP contribution in [0.1, 0.15) is 16.1 Å². The van der Waals surface area contributed by atoms with Gasteiger partial charge in [-0.05, 0) is 29.8 Å². The number of hydrogen-bond donors (Lipinski definition) is 0. The van der Waals surface area contributed by atoms with Crippen molar-refractivity contribution in [3.63, 3.8) is 0 Å². The number of hydrogen-bond acceptors (Lipinski definition) is 3. The van der Waals surface area contributed by atoms with E-state index in [-0.39, 0.29) is 11.6 Å². The van der Waals surface area contributed by atoms with Gasteiger partial charge < -0.3 is 4.74 Å². The third kappa shape index (κ3) is 2.79. The van der Waals surface area contributed by atoms with E-state index < -0.39 is 11.7 Å². The SMILES string of the molecule is COc1nc(C=O)ccc1-c1cccc(C(F)(F)F)c1. The molecule has 0 spiro atoms. The van der Waals surface area contributed by atoms with Crippen LogP contribution in [0.2, 0.25) is 0 Å². The number of carbonyl (C=O) groups is 1. The molecule has 2 rings (SSSR count). The van der Waals surface area contributed by atoms with E-state index in [1.165, 1.54) is 31.4 Å². The molecule has 6 heteroatoms. The first-order valence-corrected chi connectivity index (χ1v) is 5.63. The highest BCUT2D eigenvalue weighted by Crippen LogP contribution is 2.34. The van der Waals surface area contributed by atoms with E-state index in [2.05, 4.69) is 4.98 Å². The first kappa shape index (κ1) is 14.0. The van der Waals surface area contributed by atoms with E-state index in [1.54, 1.807) is 0 Å². The highest BCUT2D eigenvalue weighted by molar-refractivity contribution is 5.76. The number of aldehydes is 1. The number of nitrogens with zero attached hydrogens (tertiary/aromatic N) is 1. The van der Waals surface area contributed by atoms with Crippen LogP contribution in [0.25, 0.3) is 11.1 Å². The maximum Gasteiger partial charge on any atom is 0.416 e. The average Bonchev–Trinajstić information content (AvgIpc) is 2.45. The molecule has 0 radical (unpaired) electrons. The third-order valence-electron chi connectivity index (χ3n) is 2.70. The van der Waals surface area contributed by atoms with Crippen molar-refractivity contribution in [3.05, 3.63) is 47.7 Å². The topological polar surface area (TPSA) is 39.2 Å². The standard InChI is InChI=1S/C14H10F3NO2/c1-20-13-12(6-5-11(8-19)18-13)9-3-2-4-10(7-9)14(15,16)17/h2-8H,1H3. The molecule has 0 atom stereocenters. The second-order valence-corrected chi connectivity index (χ2v) is 3.99. The highest BCUT2D eigenvalue weighted by atomic mass is 19.4. The zero-order chi connectivity index (χ0) is 14.8. The van der Waals surface area contributed by atoms with E-state index in [4.69, 9.17) is 4.74 Å². The van der Waals surface area contributed by atoms with E-state index in [0.29, 0.717) is 17.4 Å². The number of methoxy groups -OCH3 is 1. The summed E-state index contributed by atoms with van der Waals surface area (Å²) >= 11 is 0. The Labute approximate surface area is 113 Å². The minimum Gasteiger partial charge on any atom is -0.481 e. The lowest BCUT2D eigenvalue weighted by molar-refractivity contribution is -0.137. The van der Waals surface area contributed by atoms with Crippen molar-refractivity contribution < 1.29 is 22.7 Å². The lowest BCUT2D eigenvalue weighted by Crippen LogP contribution is -2.04. The molecule has 0 saturated carbocycles. The van der Waals surface area contributed by atoms with Gasteiger partial charge >= 0.3 is 6.18 Å². The van der Waals surface area contributed by atoms with Crippen LogP contribution in [0.15, 0.2) is 36.4 Å². The summed E-state index contributed by atoms with van der Waals surface area (Å²) in [5, 5.41) is 0. The number of rotatable bonds is 3. The molecule has 0 bridgehead atoms. The molecule has 1 heterocycles. The van der Waals surface area contributed by atoms with Crippen molar-refractivity contribution in [1.29, 1.82) is 0 Å². The van der Waals surface area contributed by atoms with Gasteiger partial charge in [0.1, 0.15) is 5.69 Å². The van der Waals surface area contributed by atoms with Crippen molar-refractivity contribution in [2.24, 2.45) is 0 Å². The zero-order valence-electron chi connectivity index (χ0n) is 10.4. The molecule has 0 aliphatic rings. The number of ether oxygens (including phenoxy) is 1. The van der Waals surface area contributed by atoms with Crippen molar-refractivity contribution in [3.8, 4) is 17.0 Å². The summed E-state index contributed by atoms with van der Waals surface area (Å²) in [5.74, 6) is 0.105. The van der Waals surface area contributed by atoms with Gasteiger partial charge in [0.15, 0.2) is 6.29 Å². The van der Waals surface area contributed by atoms with Crippen LogP contribution in [-0.4, -0.2) is 18.4 Å². The Morgan fingerprint density at radius 1 is 1.20 bits per heavy atom. The van der Waals surface area contributed by atoms with Crippen LogP contribution in [-0.2, 0) is 6.18 Å². The van der Waals surface area contributed by atoms with Gasteiger partial charge in [0.2, 0.25) is 5.88 Å². The molecule has 0 amide bonds. The minimum absolute atomic E-state index is 0.105. The van der Waals surface area contributed by atoms with E-state index in [9.17, 15) is 18.0 Å². The van der Waals surface area contributed by atoms with Gasteiger partial charge in [-0.25, -0.2) is 4.98 Å². The van der Waals surface area contributed by atoms with Crippen LogP contribution in [0.5, 0.6) is 5.88 Å². The Hall–Kier alpha value is -2.37. The number of carbonyl (C=O) groups excluding carboxylic acids is 1. The fourth-order valence-corrected chi connectivity index (χ4v) is 1.76. The van der Waals surface area contributed by atoms with Crippen molar-refractivity contribution in [2.75, 3.05) is 7.11 Å². The molecule has 0 unspecified atom stereocenters.